The van der Waals surface area contributed by atoms with Crippen molar-refractivity contribution in [1.29, 1.82) is 0 Å². The van der Waals surface area contributed by atoms with Gasteiger partial charge in [0.05, 0.1) is 17.7 Å². The first-order chi connectivity index (χ1) is 24.7. The van der Waals surface area contributed by atoms with E-state index in [0.717, 1.165) is 24.5 Å². The van der Waals surface area contributed by atoms with Gasteiger partial charge in [-0.1, -0.05) is 26.2 Å². The zero-order valence-corrected chi connectivity index (χ0v) is 33.7. The fourth-order valence-electron chi connectivity index (χ4n) is 8.31. The highest BCUT2D eigenvalue weighted by atomic mass is 32.2. The molecule has 2 saturated heterocycles. The lowest BCUT2D eigenvalue weighted by molar-refractivity contribution is 0.119. The van der Waals surface area contributed by atoms with Gasteiger partial charge in [-0.25, -0.2) is 12.8 Å². The summed E-state index contributed by atoms with van der Waals surface area (Å²) >= 11 is 0. The summed E-state index contributed by atoms with van der Waals surface area (Å²) in [4.78, 5) is 6.74. The third-order valence-electron chi connectivity index (χ3n) is 11.3. The first-order valence-electron chi connectivity index (χ1n) is 19.1. The summed E-state index contributed by atoms with van der Waals surface area (Å²) in [6.45, 7) is 9.87. The standard InChI is InChI=1S/C38H61FN6O5S2/c1-30-27-42(51(46,47)36-17-15-35(16-18-36)40(4)5)22-10-20-41(32(3)33-12-8-7-9-13-33)21-11-23-43(28-30)52(48,49)44-24-25-45(31(2)29-44)37-19-14-34(39)26-38(37)50-6/h14-19,26,30-33H,7-13,20-25,27-29H2,1-6H3/t30-,31+,32?/m0/s1. The van der Waals surface area contributed by atoms with Crippen molar-refractivity contribution in [1.82, 2.24) is 17.8 Å². The van der Waals surface area contributed by atoms with Gasteiger partial charge in [0, 0.05) is 83.7 Å². The van der Waals surface area contributed by atoms with E-state index >= 15 is 0 Å². The molecule has 0 bridgehead atoms. The quantitative estimate of drug-likeness (QED) is 0.338. The van der Waals surface area contributed by atoms with Crippen molar-refractivity contribution in [3.63, 3.8) is 0 Å². The molecule has 5 rings (SSSR count). The third-order valence-corrected chi connectivity index (χ3v) is 15.2. The van der Waals surface area contributed by atoms with E-state index in [0.29, 0.717) is 50.2 Å². The van der Waals surface area contributed by atoms with Gasteiger partial charge in [0.1, 0.15) is 11.6 Å². The monoisotopic (exact) mass is 764 g/mol. The second kappa shape index (κ2) is 17.8. The molecule has 52 heavy (non-hydrogen) atoms. The molecule has 1 aliphatic carbocycles. The second-order valence-electron chi connectivity index (χ2n) is 15.3. The van der Waals surface area contributed by atoms with Crippen LogP contribution in [0, 0.1) is 17.7 Å². The number of hydrogen-bond acceptors (Lipinski definition) is 8. The van der Waals surface area contributed by atoms with Crippen LogP contribution in [0.25, 0.3) is 0 Å². The predicted octanol–water partition coefficient (Wildman–Crippen LogP) is 5.35. The molecular weight excluding hydrogens is 704 g/mol. The van der Waals surface area contributed by atoms with Gasteiger partial charge in [-0.2, -0.15) is 21.3 Å². The van der Waals surface area contributed by atoms with E-state index in [9.17, 15) is 21.2 Å². The van der Waals surface area contributed by atoms with E-state index in [-0.39, 0.29) is 48.9 Å². The smallest absolute Gasteiger partial charge is 0.282 e. The lowest BCUT2D eigenvalue weighted by Crippen LogP contribution is -2.57. The first-order valence-corrected chi connectivity index (χ1v) is 21.9. The molecule has 2 aromatic carbocycles. The molecule has 2 heterocycles. The van der Waals surface area contributed by atoms with Gasteiger partial charge in [-0.15, -0.1) is 0 Å². The van der Waals surface area contributed by atoms with Crippen LogP contribution in [0.15, 0.2) is 47.4 Å². The zero-order valence-electron chi connectivity index (χ0n) is 32.1. The lowest BCUT2D eigenvalue weighted by Gasteiger charge is -2.43. The van der Waals surface area contributed by atoms with Crippen molar-refractivity contribution in [3.05, 3.63) is 48.3 Å². The third kappa shape index (κ3) is 9.59. The topological polar surface area (TPSA) is 97.0 Å². The van der Waals surface area contributed by atoms with Crippen molar-refractivity contribution in [2.45, 2.75) is 82.7 Å². The van der Waals surface area contributed by atoms with Crippen molar-refractivity contribution < 1.29 is 26.0 Å². The van der Waals surface area contributed by atoms with Gasteiger partial charge in [-0.3, -0.25) is 0 Å². The summed E-state index contributed by atoms with van der Waals surface area (Å²) in [5.41, 5.74) is 1.65. The number of ether oxygens (including phenoxy) is 1. The van der Waals surface area contributed by atoms with Crippen LogP contribution in [0.1, 0.15) is 65.7 Å². The van der Waals surface area contributed by atoms with Crippen LogP contribution in [0.3, 0.4) is 0 Å². The van der Waals surface area contributed by atoms with Crippen LogP contribution in [-0.2, 0) is 20.2 Å². The molecule has 1 saturated carbocycles. The Morgan fingerprint density at radius 1 is 0.769 bits per heavy atom. The molecule has 3 aliphatic rings. The maximum atomic E-state index is 14.5. The van der Waals surface area contributed by atoms with Crippen LogP contribution in [0.4, 0.5) is 15.8 Å². The Morgan fingerprint density at radius 2 is 1.38 bits per heavy atom. The summed E-state index contributed by atoms with van der Waals surface area (Å²) in [7, 11) is -2.37. The SMILES string of the molecule is COc1cc(F)ccc1N1CCN(S(=O)(=O)N2CCCN(C(C)C3CCCCC3)CCCN(S(=O)(=O)c3ccc(N(C)C)cc3)C[C@H](C)C2)C[C@H]1C. The van der Waals surface area contributed by atoms with Crippen LogP contribution in [0.5, 0.6) is 5.75 Å². The molecule has 0 N–H and O–H groups in total. The van der Waals surface area contributed by atoms with E-state index in [4.69, 9.17) is 4.74 Å². The van der Waals surface area contributed by atoms with E-state index in [1.807, 2.05) is 45.0 Å². The largest absolute Gasteiger partial charge is 0.494 e. The average molecular weight is 765 g/mol. The number of hydrogen-bond donors (Lipinski definition) is 0. The molecular formula is C38H61FN6O5S2. The molecule has 0 radical (unpaired) electrons. The molecule has 14 heteroatoms. The number of benzene rings is 2. The van der Waals surface area contributed by atoms with Gasteiger partial charge >= 0.3 is 0 Å². The van der Waals surface area contributed by atoms with Crippen LogP contribution < -0.4 is 14.5 Å². The maximum absolute atomic E-state index is 14.5. The summed E-state index contributed by atoms with van der Waals surface area (Å²) in [6, 6.07) is 11.6. The highest BCUT2D eigenvalue weighted by Gasteiger charge is 2.38. The average Bonchev–Trinajstić information content (AvgIpc) is 3.12. The molecule has 3 atom stereocenters. The van der Waals surface area contributed by atoms with Gasteiger partial charge in [-0.05, 0) is 101 Å². The van der Waals surface area contributed by atoms with Crippen molar-refractivity contribution in [2.75, 3.05) is 89.9 Å². The minimum Gasteiger partial charge on any atom is -0.494 e. The molecule has 1 unspecified atom stereocenters. The van der Waals surface area contributed by atoms with Gasteiger partial charge in [0.25, 0.3) is 10.2 Å². The van der Waals surface area contributed by atoms with Gasteiger partial charge in [0.2, 0.25) is 10.0 Å². The molecule has 11 nitrogen and oxygen atoms in total. The Bertz CT molecular complexity index is 1670. The summed E-state index contributed by atoms with van der Waals surface area (Å²) in [5, 5.41) is 0. The van der Waals surface area contributed by atoms with Crippen LogP contribution in [0.2, 0.25) is 0 Å². The van der Waals surface area contributed by atoms with Crippen molar-refractivity contribution >= 4 is 31.6 Å². The highest BCUT2D eigenvalue weighted by Crippen LogP contribution is 2.33. The highest BCUT2D eigenvalue weighted by molar-refractivity contribution is 7.89. The summed E-state index contributed by atoms with van der Waals surface area (Å²) in [6.07, 6.45) is 7.57. The normalized spacial score (nSPS) is 24.2. The fourth-order valence-corrected chi connectivity index (χ4v) is 11.8. The Labute approximate surface area is 312 Å². The van der Waals surface area contributed by atoms with Crippen LogP contribution in [-0.4, -0.2) is 127 Å². The molecule has 2 aromatic rings. The molecule has 0 spiro atoms. The molecule has 3 fully saturated rings. The van der Waals surface area contributed by atoms with E-state index in [1.165, 1.54) is 51.3 Å². The Kier molecular flexibility index (Phi) is 13.9. The van der Waals surface area contributed by atoms with E-state index in [2.05, 4.69) is 16.7 Å². The molecule has 2 aliphatic heterocycles. The van der Waals surface area contributed by atoms with Crippen molar-refractivity contribution in [2.24, 2.45) is 11.8 Å². The number of halogens is 1. The maximum Gasteiger partial charge on any atom is 0.282 e. The summed E-state index contributed by atoms with van der Waals surface area (Å²) < 4.78 is 81.6. The first kappa shape index (κ1) is 40.7. The molecule has 0 aromatic heterocycles. The van der Waals surface area contributed by atoms with E-state index in [1.54, 1.807) is 31.1 Å². The minimum atomic E-state index is -3.89. The number of anilines is 2. The van der Waals surface area contributed by atoms with Gasteiger partial charge < -0.3 is 19.4 Å². The Hall–Kier alpha value is -2.49. The predicted molar refractivity (Wildman–Crippen MR) is 207 cm³/mol. The molecule has 0 amide bonds. The van der Waals surface area contributed by atoms with Crippen LogP contribution >= 0.6 is 0 Å². The second-order valence-corrected chi connectivity index (χ2v) is 19.2. The lowest BCUT2D eigenvalue weighted by atomic mass is 9.84. The summed E-state index contributed by atoms with van der Waals surface area (Å²) in [5.74, 6) is 0.373. The van der Waals surface area contributed by atoms with E-state index < -0.39 is 20.2 Å². The molecule has 292 valence electrons. The number of sulfonamides is 1. The minimum absolute atomic E-state index is 0.181. The number of nitrogens with zero attached hydrogens (tertiary/aromatic N) is 6. The Balaban J connectivity index is 1.38. The number of rotatable bonds is 9. The fraction of sp³-hybridized carbons (Fsp3) is 0.684. The van der Waals surface area contributed by atoms with Gasteiger partial charge in [0.15, 0.2) is 0 Å². The van der Waals surface area contributed by atoms with Crippen molar-refractivity contribution in [3.8, 4) is 5.75 Å². The number of methoxy groups -OCH3 is 1. The Morgan fingerprint density at radius 3 is 2.00 bits per heavy atom. The number of piperazine rings is 1. The zero-order chi connectivity index (χ0) is 37.6.